The molecule has 0 radical (unpaired) electrons. The van der Waals surface area contributed by atoms with E-state index >= 15 is 0 Å². The summed E-state index contributed by atoms with van der Waals surface area (Å²) in [6, 6.07) is -4.65. The van der Waals surface area contributed by atoms with Gasteiger partial charge in [-0.2, -0.15) is 26.3 Å². The van der Waals surface area contributed by atoms with Gasteiger partial charge in [-0.1, -0.05) is 0 Å². The Morgan fingerprint density at radius 3 is 1.20 bits per heavy atom. The molecule has 0 aliphatic carbocycles. The van der Waals surface area contributed by atoms with Crippen LogP contribution in [0.5, 0.6) is 0 Å². The minimum atomic E-state index is -2.81. The Labute approximate surface area is 80.8 Å². The van der Waals surface area contributed by atoms with Gasteiger partial charge in [-0.3, -0.25) is 0 Å². The van der Waals surface area contributed by atoms with Crippen molar-refractivity contribution in [3.63, 3.8) is 0 Å². The lowest BCUT2D eigenvalue weighted by Crippen LogP contribution is -2.26. The smallest absolute Gasteiger partial charge is 0.342 e. The molecule has 0 aromatic rings. The monoisotopic (exact) mass is 236 g/mol. The summed E-state index contributed by atoms with van der Waals surface area (Å²) in [6.45, 7) is 1.55. The van der Waals surface area contributed by atoms with E-state index in [-0.39, 0.29) is 0 Å². The lowest BCUT2D eigenvalue weighted by molar-refractivity contribution is -0.196. The quantitative estimate of drug-likeness (QED) is 0.419. The van der Waals surface area contributed by atoms with Crippen LogP contribution >= 0.6 is 0 Å². The third-order valence-corrected chi connectivity index (χ3v) is 0.968. The molecule has 2 nitrogen and oxygen atoms in total. The van der Waals surface area contributed by atoms with E-state index in [1.54, 1.807) is 0 Å². The third-order valence-electron chi connectivity index (χ3n) is 0.968. The summed E-state index contributed by atoms with van der Waals surface area (Å²) in [4.78, 5) is 0. The normalized spacial score (nSPS) is 10.7. The van der Waals surface area contributed by atoms with E-state index in [0.29, 0.717) is 0 Å². The van der Waals surface area contributed by atoms with Crippen LogP contribution in [-0.4, -0.2) is 5.79 Å². The molecule has 0 bridgehead atoms. The minimum Gasteiger partial charge on any atom is -0.424 e. The molecular formula is C7H6F6O2. The lowest BCUT2D eigenvalue weighted by Gasteiger charge is -2.23. The van der Waals surface area contributed by atoms with E-state index in [9.17, 15) is 26.3 Å². The Hall–Kier alpha value is -1.34. The first-order valence-electron chi connectivity index (χ1n) is 3.45. The van der Waals surface area contributed by atoms with Gasteiger partial charge < -0.3 is 9.47 Å². The molecule has 0 aliphatic heterocycles. The SMILES string of the molecule is CC(C)(OC(F)=C(F)F)OC(F)=C(F)F. The second kappa shape index (κ2) is 4.94. The number of hydrogen-bond acceptors (Lipinski definition) is 2. The van der Waals surface area contributed by atoms with Crippen LogP contribution in [0.4, 0.5) is 26.3 Å². The standard InChI is InChI=1S/C7H6F6O2/c1-7(2,14-5(12)3(8)9)15-6(13)4(10)11/h1-2H3. The van der Waals surface area contributed by atoms with Crippen molar-refractivity contribution in [2.45, 2.75) is 19.6 Å². The fourth-order valence-corrected chi connectivity index (χ4v) is 0.530. The van der Waals surface area contributed by atoms with Gasteiger partial charge in [-0.25, -0.2) is 0 Å². The first-order chi connectivity index (χ1) is 6.65. The van der Waals surface area contributed by atoms with Gasteiger partial charge in [0.25, 0.3) is 5.79 Å². The average molecular weight is 236 g/mol. The summed E-state index contributed by atoms with van der Waals surface area (Å²) >= 11 is 0. The Morgan fingerprint density at radius 1 is 0.733 bits per heavy atom. The maximum Gasteiger partial charge on any atom is 0.342 e. The van der Waals surface area contributed by atoms with Gasteiger partial charge in [-0.15, -0.1) is 0 Å². The molecule has 0 saturated carbocycles. The van der Waals surface area contributed by atoms with Gasteiger partial charge in [0, 0.05) is 13.8 Å². The highest BCUT2D eigenvalue weighted by molar-refractivity contribution is 4.86. The summed E-state index contributed by atoms with van der Waals surface area (Å²) in [5.41, 5.74) is 0. The zero-order valence-corrected chi connectivity index (χ0v) is 7.58. The summed E-state index contributed by atoms with van der Waals surface area (Å²) in [5.74, 6) is -2.32. The number of halogens is 6. The largest absolute Gasteiger partial charge is 0.424 e. The summed E-state index contributed by atoms with van der Waals surface area (Å²) in [7, 11) is 0. The highest BCUT2D eigenvalue weighted by atomic mass is 19.3. The highest BCUT2D eigenvalue weighted by Crippen LogP contribution is 2.25. The molecule has 0 amide bonds. The number of hydrogen-bond donors (Lipinski definition) is 0. The molecule has 0 aromatic carbocycles. The topological polar surface area (TPSA) is 18.5 Å². The first kappa shape index (κ1) is 13.7. The van der Waals surface area contributed by atoms with Crippen molar-refractivity contribution in [3.05, 3.63) is 24.2 Å². The van der Waals surface area contributed by atoms with E-state index in [2.05, 4.69) is 9.47 Å². The maximum atomic E-state index is 12.2. The highest BCUT2D eigenvalue weighted by Gasteiger charge is 2.28. The van der Waals surface area contributed by atoms with E-state index in [0.717, 1.165) is 13.8 Å². The molecular weight excluding hydrogens is 230 g/mol. The average Bonchev–Trinajstić information content (AvgIpc) is 2.01. The second-order valence-corrected chi connectivity index (χ2v) is 2.67. The molecule has 0 aliphatic rings. The fourth-order valence-electron chi connectivity index (χ4n) is 0.530. The van der Waals surface area contributed by atoms with E-state index in [1.807, 2.05) is 0 Å². The summed E-state index contributed by atoms with van der Waals surface area (Å²) in [5, 5.41) is 0. The lowest BCUT2D eigenvalue weighted by atomic mass is 10.4. The van der Waals surface area contributed by atoms with Crippen molar-refractivity contribution < 1.29 is 35.8 Å². The predicted octanol–water partition coefficient (Wildman–Crippen LogP) is 3.83. The summed E-state index contributed by atoms with van der Waals surface area (Å²) in [6.07, 6.45) is -5.62. The van der Waals surface area contributed by atoms with Crippen LogP contribution in [0.15, 0.2) is 24.2 Å². The zero-order chi connectivity index (χ0) is 12.2. The van der Waals surface area contributed by atoms with Gasteiger partial charge in [0.05, 0.1) is 0 Å². The molecule has 0 saturated heterocycles. The molecule has 0 N–H and O–H groups in total. The van der Waals surface area contributed by atoms with Crippen LogP contribution < -0.4 is 0 Å². The van der Waals surface area contributed by atoms with Crippen molar-refractivity contribution in [2.75, 3.05) is 0 Å². The molecule has 8 heteroatoms. The predicted molar refractivity (Wildman–Crippen MR) is 36.9 cm³/mol. The Balaban J connectivity index is 4.59. The Bertz CT molecular complexity index is 260. The van der Waals surface area contributed by atoms with Crippen molar-refractivity contribution in [1.29, 1.82) is 0 Å². The molecule has 0 atom stereocenters. The van der Waals surface area contributed by atoms with Crippen LogP contribution in [0, 0.1) is 0 Å². The molecule has 0 heterocycles. The molecule has 0 rings (SSSR count). The maximum absolute atomic E-state index is 12.2. The van der Waals surface area contributed by atoms with Crippen molar-refractivity contribution >= 4 is 0 Å². The third kappa shape index (κ3) is 5.18. The van der Waals surface area contributed by atoms with Crippen LogP contribution in [-0.2, 0) is 9.47 Å². The van der Waals surface area contributed by atoms with Crippen LogP contribution in [0.25, 0.3) is 0 Å². The first-order valence-corrected chi connectivity index (χ1v) is 3.45. The van der Waals surface area contributed by atoms with E-state index in [4.69, 9.17) is 0 Å². The van der Waals surface area contributed by atoms with Gasteiger partial charge in [-0.05, 0) is 0 Å². The van der Waals surface area contributed by atoms with Crippen LogP contribution in [0.1, 0.15) is 13.8 Å². The fraction of sp³-hybridized carbons (Fsp3) is 0.429. The van der Waals surface area contributed by atoms with E-state index in [1.165, 1.54) is 0 Å². The van der Waals surface area contributed by atoms with E-state index < -0.39 is 30.0 Å². The minimum absolute atomic E-state index is 0.776. The molecule has 0 fully saturated rings. The molecule has 0 unspecified atom stereocenters. The molecule has 0 aromatic heterocycles. The summed E-state index contributed by atoms with van der Waals surface area (Å²) < 4.78 is 78.0. The number of rotatable bonds is 4. The molecule has 0 spiro atoms. The van der Waals surface area contributed by atoms with Gasteiger partial charge >= 0.3 is 24.2 Å². The zero-order valence-electron chi connectivity index (χ0n) is 7.58. The van der Waals surface area contributed by atoms with Gasteiger partial charge in [0.15, 0.2) is 0 Å². The van der Waals surface area contributed by atoms with Crippen molar-refractivity contribution in [1.82, 2.24) is 0 Å². The van der Waals surface area contributed by atoms with Gasteiger partial charge in [0.2, 0.25) is 0 Å². The molecule has 88 valence electrons. The Morgan fingerprint density at radius 2 is 1.00 bits per heavy atom. The number of ether oxygens (including phenoxy) is 2. The molecule has 15 heavy (non-hydrogen) atoms. The second-order valence-electron chi connectivity index (χ2n) is 2.67. The van der Waals surface area contributed by atoms with Gasteiger partial charge in [0.1, 0.15) is 0 Å². The Kier molecular flexibility index (Phi) is 4.50. The van der Waals surface area contributed by atoms with Crippen molar-refractivity contribution in [3.8, 4) is 0 Å². The van der Waals surface area contributed by atoms with Crippen LogP contribution in [0.2, 0.25) is 0 Å². The van der Waals surface area contributed by atoms with Crippen LogP contribution in [0.3, 0.4) is 0 Å². The van der Waals surface area contributed by atoms with Crippen molar-refractivity contribution in [2.24, 2.45) is 0 Å².